The minimum atomic E-state index is -0.0472. The summed E-state index contributed by atoms with van der Waals surface area (Å²) in [6.07, 6.45) is 5.38. The summed E-state index contributed by atoms with van der Waals surface area (Å²) >= 11 is 0. The highest BCUT2D eigenvalue weighted by Crippen LogP contribution is 2.31. The topological polar surface area (TPSA) is 90.8 Å². The highest BCUT2D eigenvalue weighted by molar-refractivity contribution is 6.00. The first kappa shape index (κ1) is 11.5. The Morgan fingerprint density at radius 1 is 1.42 bits per heavy atom. The number of ketones is 1. The lowest BCUT2D eigenvalue weighted by molar-refractivity contribution is -0.113. The van der Waals surface area contributed by atoms with Gasteiger partial charge in [-0.25, -0.2) is 4.68 Å². The fraction of sp³-hybridized carbons (Fsp3) is 0.250. The number of carbonyl (C=O) groups is 1. The number of rotatable bonds is 2. The summed E-state index contributed by atoms with van der Waals surface area (Å²) in [5.74, 6) is 1.13. The molecule has 98 valence electrons. The van der Waals surface area contributed by atoms with Crippen LogP contribution in [0.25, 0.3) is 16.9 Å². The lowest BCUT2D eigenvalue weighted by Crippen LogP contribution is -2.26. The van der Waals surface area contributed by atoms with E-state index in [9.17, 15) is 4.79 Å². The molecule has 0 aliphatic carbocycles. The van der Waals surface area contributed by atoms with E-state index >= 15 is 0 Å². The molecule has 0 bridgehead atoms. The zero-order chi connectivity index (χ0) is 13.6. The summed E-state index contributed by atoms with van der Waals surface area (Å²) < 4.78 is 3.28. The third-order valence-electron chi connectivity index (χ3n) is 3.18. The van der Waals surface area contributed by atoms with Crippen molar-refractivity contribution < 1.29 is 4.79 Å². The molecular formula is C12H14N6O. The molecule has 19 heavy (non-hydrogen) atoms. The number of anilines is 1. The first-order chi connectivity index (χ1) is 9.08. The van der Waals surface area contributed by atoms with Crippen molar-refractivity contribution in [3.8, 4) is 11.1 Å². The molecule has 7 nitrogen and oxygen atoms in total. The van der Waals surface area contributed by atoms with Gasteiger partial charge in [0.1, 0.15) is 11.6 Å². The van der Waals surface area contributed by atoms with Crippen LogP contribution in [-0.2, 0) is 11.8 Å². The quantitative estimate of drug-likeness (QED) is 0.815. The van der Waals surface area contributed by atoms with Crippen LogP contribution < -0.4 is 11.1 Å². The summed E-state index contributed by atoms with van der Waals surface area (Å²) in [7, 11) is 1.86. The molecule has 0 fully saturated rings. The molecule has 0 amide bonds. The summed E-state index contributed by atoms with van der Waals surface area (Å²) in [6, 6.07) is 0. The normalized spacial score (nSPS) is 14.2. The van der Waals surface area contributed by atoms with Gasteiger partial charge in [0.15, 0.2) is 5.78 Å². The molecular weight excluding hydrogens is 244 g/mol. The van der Waals surface area contributed by atoms with Crippen LogP contribution in [0.3, 0.4) is 0 Å². The van der Waals surface area contributed by atoms with Crippen LogP contribution in [0.4, 0.5) is 5.82 Å². The van der Waals surface area contributed by atoms with Gasteiger partial charge in [-0.05, 0) is 6.92 Å². The molecule has 2 aromatic rings. The Hall–Kier alpha value is -2.57. The number of aromatic nitrogens is 4. The molecule has 0 spiro atoms. The largest absolute Gasteiger partial charge is 0.383 e. The fourth-order valence-electron chi connectivity index (χ4n) is 2.17. The Kier molecular flexibility index (Phi) is 2.41. The maximum absolute atomic E-state index is 11.5. The Morgan fingerprint density at radius 2 is 2.21 bits per heavy atom. The first-order valence-electron chi connectivity index (χ1n) is 5.88. The van der Waals surface area contributed by atoms with Crippen LogP contribution in [0.1, 0.15) is 6.92 Å². The van der Waals surface area contributed by atoms with Crippen molar-refractivity contribution in [1.29, 1.82) is 0 Å². The molecule has 1 aliphatic heterocycles. The Balaban J connectivity index is 2.12. The number of nitrogens with two attached hydrogens (primary N) is 1. The summed E-state index contributed by atoms with van der Waals surface area (Å²) in [4.78, 5) is 11.5. The molecule has 3 N–H and O–H groups in total. The van der Waals surface area contributed by atoms with Crippen molar-refractivity contribution in [3.63, 3.8) is 0 Å². The van der Waals surface area contributed by atoms with Crippen LogP contribution in [0, 0.1) is 0 Å². The Bertz CT molecular complexity index is 693. The van der Waals surface area contributed by atoms with E-state index in [1.54, 1.807) is 21.8 Å². The van der Waals surface area contributed by atoms with Gasteiger partial charge in [0.05, 0.1) is 18.0 Å². The van der Waals surface area contributed by atoms with Gasteiger partial charge in [-0.1, -0.05) is 0 Å². The average molecular weight is 258 g/mol. The number of fused-ring (bicyclic) bond motifs is 1. The Labute approximate surface area is 109 Å². The molecule has 0 unspecified atom stereocenters. The monoisotopic (exact) mass is 258 g/mol. The van der Waals surface area contributed by atoms with Gasteiger partial charge in [-0.3, -0.25) is 9.48 Å². The third kappa shape index (κ3) is 1.70. The number of Topliss-reactive ketones (excluding diaryl/α,β-unsaturated/α-hetero) is 1. The van der Waals surface area contributed by atoms with Crippen molar-refractivity contribution in [1.82, 2.24) is 19.6 Å². The minimum absolute atomic E-state index is 0.0472. The number of nitrogens with zero attached hydrogens (tertiary/aromatic N) is 4. The molecule has 0 aromatic carbocycles. The molecule has 0 saturated heterocycles. The van der Waals surface area contributed by atoms with Crippen molar-refractivity contribution in [2.45, 2.75) is 6.92 Å². The number of hydrogen-bond acceptors (Lipinski definition) is 5. The van der Waals surface area contributed by atoms with Gasteiger partial charge in [0, 0.05) is 30.9 Å². The molecule has 1 aliphatic rings. The third-order valence-corrected chi connectivity index (χ3v) is 3.18. The highest BCUT2D eigenvalue weighted by atomic mass is 16.1. The lowest BCUT2D eigenvalue weighted by Gasteiger charge is -2.20. The second kappa shape index (κ2) is 3.98. The molecule has 3 heterocycles. The van der Waals surface area contributed by atoms with Crippen molar-refractivity contribution in [2.24, 2.45) is 12.8 Å². The zero-order valence-corrected chi connectivity index (χ0v) is 10.7. The van der Waals surface area contributed by atoms with Gasteiger partial charge in [-0.2, -0.15) is 10.2 Å². The average Bonchev–Trinajstić information content (AvgIpc) is 2.95. The molecule has 2 aromatic heterocycles. The van der Waals surface area contributed by atoms with Crippen molar-refractivity contribution in [2.75, 3.05) is 11.9 Å². The SMILES string of the molecule is CC(=O)C1=C(N)n2ncc(-c3cnn(C)c3)c2NC1. The van der Waals surface area contributed by atoms with Gasteiger partial charge >= 0.3 is 0 Å². The lowest BCUT2D eigenvalue weighted by atomic mass is 10.1. The molecule has 3 rings (SSSR count). The van der Waals surface area contributed by atoms with Crippen LogP contribution >= 0.6 is 0 Å². The van der Waals surface area contributed by atoms with Gasteiger partial charge < -0.3 is 11.1 Å². The summed E-state index contributed by atoms with van der Waals surface area (Å²) in [5, 5.41) is 11.6. The van der Waals surface area contributed by atoms with Gasteiger partial charge in [0.25, 0.3) is 0 Å². The predicted molar refractivity (Wildman–Crippen MR) is 71.0 cm³/mol. The second-order valence-electron chi connectivity index (χ2n) is 4.49. The highest BCUT2D eigenvalue weighted by Gasteiger charge is 2.23. The zero-order valence-electron chi connectivity index (χ0n) is 10.7. The Morgan fingerprint density at radius 3 is 2.84 bits per heavy atom. The van der Waals surface area contributed by atoms with Crippen LogP contribution in [-0.4, -0.2) is 31.9 Å². The van der Waals surface area contributed by atoms with E-state index in [1.165, 1.54) is 6.92 Å². The van der Waals surface area contributed by atoms with E-state index in [-0.39, 0.29) is 5.78 Å². The number of nitrogens with one attached hydrogen (secondary N) is 1. The molecule has 0 radical (unpaired) electrons. The van der Waals surface area contributed by atoms with Crippen LogP contribution in [0.2, 0.25) is 0 Å². The molecule has 0 saturated carbocycles. The van der Waals surface area contributed by atoms with Crippen molar-refractivity contribution >= 4 is 17.4 Å². The van der Waals surface area contributed by atoms with Gasteiger partial charge in [0.2, 0.25) is 0 Å². The molecule has 0 atom stereocenters. The number of aryl methyl sites for hydroxylation is 1. The maximum Gasteiger partial charge on any atom is 0.161 e. The van der Waals surface area contributed by atoms with E-state index in [1.807, 2.05) is 13.2 Å². The maximum atomic E-state index is 11.5. The first-order valence-corrected chi connectivity index (χ1v) is 5.88. The smallest absolute Gasteiger partial charge is 0.161 e. The van der Waals surface area contributed by atoms with E-state index < -0.39 is 0 Å². The van der Waals surface area contributed by atoms with E-state index in [0.717, 1.165) is 16.9 Å². The van der Waals surface area contributed by atoms with E-state index in [4.69, 9.17) is 5.73 Å². The number of carbonyl (C=O) groups excluding carboxylic acids is 1. The van der Waals surface area contributed by atoms with E-state index in [2.05, 4.69) is 15.5 Å². The van der Waals surface area contributed by atoms with Gasteiger partial charge in [-0.15, -0.1) is 0 Å². The fourth-order valence-corrected chi connectivity index (χ4v) is 2.17. The second-order valence-corrected chi connectivity index (χ2v) is 4.49. The number of hydrogen-bond donors (Lipinski definition) is 2. The van der Waals surface area contributed by atoms with Crippen molar-refractivity contribution in [3.05, 3.63) is 24.2 Å². The van der Waals surface area contributed by atoms with Crippen LogP contribution in [0.15, 0.2) is 24.2 Å². The molecule has 7 heteroatoms. The van der Waals surface area contributed by atoms with E-state index in [0.29, 0.717) is 17.9 Å². The van der Waals surface area contributed by atoms with Crippen LogP contribution in [0.5, 0.6) is 0 Å². The standard InChI is InChI=1S/C12H14N6O/c1-7(19)9-4-14-12-10(5-16-18(12)11(9)13)8-3-15-17(2)6-8/h3,5-6,14H,4,13H2,1-2H3. The predicted octanol–water partition coefficient (Wildman–Crippen LogP) is 0.425. The minimum Gasteiger partial charge on any atom is -0.383 e. The summed E-state index contributed by atoms with van der Waals surface area (Å²) in [5.41, 5.74) is 8.41. The summed E-state index contributed by atoms with van der Waals surface area (Å²) in [6.45, 7) is 1.92.